The van der Waals surface area contributed by atoms with Gasteiger partial charge in [-0.1, -0.05) is 0 Å². The van der Waals surface area contributed by atoms with Crippen molar-refractivity contribution in [1.82, 2.24) is 5.32 Å². The Bertz CT molecular complexity index is 147. The highest BCUT2D eigenvalue weighted by Gasteiger charge is 2.02. The smallest absolute Gasteiger partial charge is 0.225 e. The van der Waals surface area contributed by atoms with Gasteiger partial charge in [0.05, 0.1) is 26.0 Å². The summed E-state index contributed by atoms with van der Waals surface area (Å²) < 4.78 is 4.75. The van der Waals surface area contributed by atoms with E-state index in [2.05, 4.69) is 11.6 Å². The highest BCUT2D eigenvalue weighted by atomic mass is 31.1. The molecule has 0 aromatic rings. The monoisotopic (exact) mass is 176 g/mol. The summed E-state index contributed by atoms with van der Waals surface area (Å²) in [5, 5.41) is 2.76. The number of methoxy groups -OCH3 is 1. The maximum absolute atomic E-state index is 10.9. The molecule has 0 spiro atoms. The molecule has 64 valence electrons. The van der Waals surface area contributed by atoms with Crippen LogP contribution in [0.4, 0.5) is 0 Å². The summed E-state index contributed by atoms with van der Waals surface area (Å²) in [4.78, 5) is 10.9. The predicted molar refractivity (Wildman–Crippen MR) is 49.5 cm³/mol. The third kappa shape index (κ3) is 7.50. The van der Waals surface area contributed by atoms with Gasteiger partial charge in [0.15, 0.2) is 6.29 Å². The van der Waals surface area contributed by atoms with Crippen LogP contribution in [0.25, 0.3) is 0 Å². The van der Waals surface area contributed by atoms with Crippen LogP contribution in [0.2, 0.25) is 0 Å². The minimum absolute atomic E-state index is 0.0462. The second kappa shape index (κ2) is 6.32. The number of amides is 1. The van der Waals surface area contributed by atoms with Gasteiger partial charge in [-0.25, -0.2) is 0 Å². The quantitative estimate of drug-likeness (QED) is 0.624. The van der Waals surface area contributed by atoms with E-state index in [-0.39, 0.29) is 13.5 Å². The van der Waals surface area contributed by atoms with Gasteiger partial charge in [0.1, 0.15) is 7.55 Å². The van der Waals surface area contributed by atoms with Crippen molar-refractivity contribution in [3.8, 4) is 0 Å². The SMILES string of the molecule is C=[P+](C)CNC(=O)CCOC. The number of rotatable bonds is 5. The summed E-state index contributed by atoms with van der Waals surface area (Å²) in [6.07, 6.45) is 4.96. The van der Waals surface area contributed by atoms with Gasteiger partial charge >= 0.3 is 0 Å². The van der Waals surface area contributed by atoms with E-state index in [1.54, 1.807) is 7.11 Å². The molecule has 3 nitrogen and oxygen atoms in total. The Hall–Kier alpha value is -0.400. The van der Waals surface area contributed by atoms with Crippen molar-refractivity contribution in [1.29, 1.82) is 0 Å². The van der Waals surface area contributed by atoms with E-state index in [4.69, 9.17) is 4.74 Å². The van der Waals surface area contributed by atoms with Crippen molar-refractivity contribution in [2.75, 3.05) is 26.7 Å². The van der Waals surface area contributed by atoms with Crippen molar-refractivity contribution in [2.24, 2.45) is 0 Å². The molecule has 0 aromatic heterocycles. The first-order valence-corrected chi connectivity index (χ1v) is 5.60. The molecule has 0 saturated carbocycles. The van der Waals surface area contributed by atoms with Crippen LogP contribution in [0.15, 0.2) is 0 Å². The van der Waals surface area contributed by atoms with E-state index in [1.165, 1.54) is 0 Å². The zero-order chi connectivity index (χ0) is 8.69. The molecule has 0 aromatic carbocycles. The van der Waals surface area contributed by atoms with Crippen molar-refractivity contribution in [3.63, 3.8) is 0 Å². The minimum atomic E-state index is -0.271. The van der Waals surface area contributed by atoms with Gasteiger partial charge in [-0.05, 0) is 0 Å². The third-order valence-corrected chi connectivity index (χ3v) is 1.78. The maximum Gasteiger partial charge on any atom is 0.225 e. The van der Waals surface area contributed by atoms with E-state index < -0.39 is 0 Å². The van der Waals surface area contributed by atoms with Crippen LogP contribution in [0, 0.1) is 0 Å². The molecule has 0 saturated heterocycles. The highest BCUT2D eigenvalue weighted by molar-refractivity contribution is 7.54. The summed E-state index contributed by atoms with van der Waals surface area (Å²) in [7, 11) is 1.31. The zero-order valence-electron chi connectivity index (χ0n) is 7.09. The number of hydrogen-bond donors (Lipinski definition) is 1. The number of carbonyl (C=O) groups is 1. The van der Waals surface area contributed by atoms with Crippen molar-refractivity contribution in [3.05, 3.63) is 0 Å². The molecule has 0 rings (SSSR count). The average Bonchev–Trinajstić information content (AvgIpc) is 1.97. The first kappa shape index (κ1) is 10.6. The Morgan fingerprint density at radius 3 is 2.82 bits per heavy atom. The first-order valence-electron chi connectivity index (χ1n) is 3.44. The van der Waals surface area contributed by atoms with E-state index in [1.807, 2.05) is 6.66 Å². The zero-order valence-corrected chi connectivity index (χ0v) is 7.99. The molecular formula is C7H15NO2P+. The Balaban J connectivity index is 3.30. The van der Waals surface area contributed by atoms with Crippen molar-refractivity contribution in [2.45, 2.75) is 6.42 Å². The fourth-order valence-electron chi connectivity index (χ4n) is 0.506. The standard InChI is InChI=1S/C7H14NO2P/c1-10-5-4-7(9)8-6-11(2)3/h2,4-6H2,1,3H3/p+1. The van der Waals surface area contributed by atoms with Crippen molar-refractivity contribution >= 4 is 19.8 Å². The summed E-state index contributed by atoms with van der Waals surface area (Å²) >= 11 is 0. The molecule has 0 bridgehead atoms. The summed E-state index contributed by atoms with van der Waals surface area (Å²) in [6.45, 7) is 2.51. The molecule has 1 N–H and O–H groups in total. The van der Waals surface area contributed by atoms with Crippen LogP contribution >= 0.6 is 7.55 Å². The molecule has 0 aliphatic heterocycles. The van der Waals surface area contributed by atoms with Gasteiger partial charge in [-0.15, -0.1) is 0 Å². The lowest BCUT2D eigenvalue weighted by Crippen LogP contribution is -2.23. The third-order valence-electron chi connectivity index (χ3n) is 1.08. The second-order valence-electron chi connectivity index (χ2n) is 2.36. The Morgan fingerprint density at radius 2 is 2.36 bits per heavy atom. The van der Waals surface area contributed by atoms with Crippen molar-refractivity contribution < 1.29 is 9.53 Å². The molecule has 4 heteroatoms. The van der Waals surface area contributed by atoms with Crippen LogP contribution in [-0.4, -0.2) is 38.9 Å². The van der Waals surface area contributed by atoms with Crippen LogP contribution in [0.5, 0.6) is 0 Å². The summed E-state index contributed by atoms with van der Waals surface area (Å²) in [5.41, 5.74) is 0. The summed E-state index contributed by atoms with van der Waals surface area (Å²) in [5.74, 6) is 0.0462. The van der Waals surface area contributed by atoms with Gasteiger partial charge < -0.3 is 10.1 Å². The van der Waals surface area contributed by atoms with Gasteiger partial charge in [0.25, 0.3) is 0 Å². The molecule has 0 heterocycles. The maximum atomic E-state index is 10.9. The predicted octanol–water partition coefficient (Wildman–Crippen LogP) is 0.640. The Kier molecular flexibility index (Phi) is 6.09. The second-order valence-corrected chi connectivity index (χ2v) is 4.39. The molecule has 0 fully saturated rings. The van der Waals surface area contributed by atoms with E-state index in [9.17, 15) is 4.79 Å². The Morgan fingerprint density at radius 1 is 1.73 bits per heavy atom. The lowest BCUT2D eigenvalue weighted by Gasteiger charge is -1.98. The topological polar surface area (TPSA) is 38.3 Å². The van der Waals surface area contributed by atoms with Crippen LogP contribution in [0.1, 0.15) is 6.42 Å². The fraction of sp³-hybridized carbons (Fsp3) is 0.714. The van der Waals surface area contributed by atoms with Gasteiger partial charge in [-0.3, -0.25) is 4.79 Å². The Labute approximate surface area is 68.5 Å². The molecule has 1 unspecified atom stereocenters. The van der Waals surface area contributed by atoms with E-state index >= 15 is 0 Å². The molecule has 1 amide bonds. The molecule has 0 radical (unpaired) electrons. The van der Waals surface area contributed by atoms with E-state index in [0.29, 0.717) is 19.3 Å². The largest absolute Gasteiger partial charge is 0.384 e. The number of nitrogens with one attached hydrogen (secondary N) is 1. The lowest BCUT2D eigenvalue weighted by molar-refractivity contribution is -0.121. The average molecular weight is 176 g/mol. The molecule has 0 aliphatic rings. The molecule has 11 heavy (non-hydrogen) atoms. The fourth-order valence-corrected chi connectivity index (χ4v) is 0.953. The molecule has 0 aliphatic carbocycles. The normalized spacial score (nSPS) is 10.9. The number of carbonyl (C=O) groups excluding carboxylic acids is 1. The first-order chi connectivity index (χ1) is 5.16. The van der Waals surface area contributed by atoms with Gasteiger partial charge in [0, 0.05) is 7.11 Å². The molecular weight excluding hydrogens is 161 g/mol. The number of ether oxygens (including phenoxy) is 1. The van der Waals surface area contributed by atoms with Gasteiger partial charge in [0.2, 0.25) is 5.91 Å². The van der Waals surface area contributed by atoms with Crippen LogP contribution in [-0.2, 0) is 9.53 Å². The van der Waals surface area contributed by atoms with E-state index in [0.717, 1.165) is 0 Å². The van der Waals surface area contributed by atoms with Gasteiger partial charge in [-0.2, -0.15) is 0 Å². The number of hydrogen-bond acceptors (Lipinski definition) is 2. The molecule has 1 atom stereocenters. The summed E-state index contributed by atoms with van der Waals surface area (Å²) in [6, 6.07) is 0. The lowest BCUT2D eigenvalue weighted by atomic mass is 10.4. The minimum Gasteiger partial charge on any atom is -0.384 e. The highest BCUT2D eigenvalue weighted by Crippen LogP contribution is 2.08. The van der Waals surface area contributed by atoms with Crippen LogP contribution in [0.3, 0.4) is 0 Å². The van der Waals surface area contributed by atoms with Crippen LogP contribution < -0.4 is 5.32 Å².